The molecule has 3 heteroatoms. The zero-order valence-corrected chi connectivity index (χ0v) is 36.4. The molecule has 2 aromatic heterocycles. The Labute approximate surface area is 382 Å². The maximum Gasteiger partial charge on any atom is 0.179 e. The van der Waals surface area contributed by atoms with E-state index in [1.54, 1.807) is 0 Å². The number of hydrogen-bond donors (Lipinski definition) is 0. The van der Waals surface area contributed by atoms with Crippen LogP contribution in [0.3, 0.4) is 0 Å². The predicted octanol–water partition coefficient (Wildman–Crippen LogP) is 13.2. The Morgan fingerprint density at radius 3 is 1.22 bits per heavy atom. The molecule has 0 bridgehead atoms. The number of rotatable bonds is 6. The van der Waals surface area contributed by atoms with Crippen LogP contribution < -0.4 is 20.7 Å². The SMILES string of the molecule is C.c1ccc(-n2c3ccccc3c3cc([Si](c4ccccc4)(c4ccccc4)c4cccc(-n5c6ccccc6c6ccccc65)c4)ccc32)cc1.c1ccc2c(c1)Cc1ccccc1-2. The summed E-state index contributed by atoms with van der Waals surface area (Å²) >= 11 is 0. The van der Waals surface area contributed by atoms with Crippen molar-refractivity contribution < 1.29 is 0 Å². The normalized spacial score (nSPS) is 11.8. The van der Waals surface area contributed by atoms with Gasteiger partial charge in [-0.05, 0) is 98.0 Å². The van der Waals surface area contributed by atoms with Crippen molar-refractivity contribution in [2.45, 2.75) is 13.8 Å². The second kappa shape index (κ2) is 16.6. The van der Waals surface area contributed by atoms with E-state index < -0.39 is 8.07 Å². The fraction of sp³-hybridized carbons (Fsp3) is 0.0323. The van der Waals surface area contributed by atoms with Crippen LogP contribution >= 0.6 is 0 Å². The Hall–Kier alpha value is -7.98. The first kappa shape index (κ1) is 39.8. The zero-order chi connectivity index (χ0) is 42.5. The third-order valence-electron chi connectivity index (χ3n) is 13.4. The van der Waals surface area contributed by atoms with Crippen molar-refractivity contribution >= 4 is 72.4 Å². The summed E-state index contributed by atoms with van der Waals surface area (Å²) in [6, 6.07) is 93.6. The second-order valence-corrected chi connectivity index (χ2v) is 20.6. The third-order valence-corrected chi connectivity index (χ3v) is 18.1. The molecule has 0 atom stereocenters. The lowest BCUT2D eigenvalue weighted by atomic mass is 10.1. The smallest absolute Gasteiger partial charge is 0.179 e. The lowest BCUT2D eigenvalue weighted by molar-refractivity contribution is 1.18. The van der Waals surface area contributed by atoms with Crippen LogP contribution in [0.2, 0.25) is 0 Å². The van der Waals surface area contributed by atoms with Crippen molar-refractivity contribution in [3.63, 3.8) is 0 Å². The molecule has 2 heterocycles. The van der Waals surface area contributed by atoms with Gasteiger partial charge in [-0.15, -0.1) is 0 Å². The Balaban J connectivity index is 0.000000286. The van der Waals surface area contributed by atoms with Gasteiger partial charge in [-0.1, -0.05) is 214 Å². The van der Waals surface area contributed by atoms with Crippen LogP contribution in [-0.4, -0.2) is 17.2 Å². The standard InChI is InChI=1S/C48H34N2Si.C13H10.CH4/c1-4-17-35(18-5-1)49-47-30-15-12-27-43(47)44-34-40(31-32-48(44)49)51(37-20-6-2-7-21-37,38-22-8-3-9-23-38)39-24-16-19-36(33-39)50-45-28-13-10-25-41(45)42-26-11-14-29-46(42)50;1-3-7-12-10(5-1)9-11-6-2-4-8-13(11)12;/h1-34H;1-8H,9H2;1H4. The largest absolute Gasteiger partial charge is 0.309 e. The van der Waals surface area contributed by atoms with E-state index in [-0.39, 0.29) is 7.43 Å². The van der Waals surface area contributed by atoms with E-state index in [1.807, 2.05) is 0 Å². The van der Waals surface area contributed by atoms with Crippen LogP contribution in [0.4, 0.5) is 0 Å². The van der Waals surface area contributed by atoms with Gasteiger partial charge in [-0.2, -0.15) is 0 Å². The van der Waals surface area contributed by atoms with Gasteiger partial charge in [0, 0.05) is 32.9 Å². The van der Waals surface area contributed by atoms with E-state index in [0.717, 1.165) is 6.42 Å². The average Bonchev–Trinajstić information content (AvgIpc) is 4.03. The molecular weight excluding hydrogens is 801 g/mol. The molecule has 1 aliphatic rings. The molecule has 0 saturated heterocycles. The summed E-state index contributed by atoms with van der Waals surface area (Å²) in [6.07, 6.45) is 1.10. The first-order valence-electron chi connectivity index (χ1n) is 22.2. The van der Waals surface area contributed by atoms with Crippen molar-refractivity contribution in [2.24, 2.45) is 0 Å². The van der Waals surface area contributed by atoms with Gasteiger partial charge in [0.15, 0.2) is 8.07 Å². The van der Waals surface area contributed by atoms with Crippen LogP contribution in [0.5, 0.6) is 0 Å². The molecule has 13 rings (SSSR count). The van der Waals surface area contributed by atoms with Crippen molar-refractivity contribution in [1.29, 1.82) is 0 Å². The maximum absolute atomic E-state index is 2.88. The molecule has 12 aromatic rings. The molecule has 0 unspecified atom stereocenters. The lowest BCUT2D eigenvalue weighted by Gasteiger charge is -2.35. The number of para-hydroxylation sites is 4. The fourth-order valence-corrected chi connectivity index (χ4v) is 15.4. The van der Waals surface area contributed by atoms with Gasteiger partial charge in [0.1, 0.15) is 0 Å². The molecule has 2 nitrogen and oxygen atoms in total. The van der Waals surface area contributed by atoms with Crippen LogP contribution in [-0.2, 0) is 6.42 Å². The molecule has 310 valence electrons. The van der Waals surface area contributed by atoms with Crippen LogP contribution in [0.15, 0.2) is 255 Å². The summed E-state index contributed by atoms with van der Waals surface area (Å²) in [5, 5.41) is 10.5. The summed E-state index contributed by atoms with van der Waals surface area (Å²) in [4.78, 5) is 0. The topological polar surface area (TPSA) is 9.86 Å². The Bertz CT molecular complexity index is 3500. The lowest BCUT2D eigenvalue weighted by Crippen LogP contribution is -2.74. The summed E-state index contributed by atoms with van der Waals surface area (Å²) in [5.74, 6) is 0. The summed E-state index contributed by atoms with van der Waals surface area (Å²) in [6.45, 7) is 0. The Kier molecular flexibility index (Phi) is 10.2. The molecule has 1 aliphatic carbocycles. The molecule has 0 fully saturated rings. The maximum atomic E-state index is 2.51. The summed E-state index contributed by atoms with van der Waals surface area (Å²) in [5.41, 5.74) is 13.0. The van der Waals surface area contributed by atoms with Gasteiger partial charge in [-0.25, -0.2) is 0 Å². The molecular formula is C62H48N2Si. The highest BCUT2D eigenvalue weighted by atomic mass is 28.3. The first-order chi connectivity index (χ1) is 31.8. The zero-order valence-electron chi connectivity index (χ0n) is 35.4. The first-order valence-corrected chi connectivity index (χ1v) is 24.2. The van der Waals surface area contributed by atoms with Crippen LogP contribution in [0.25, 0.3) is 66.1 Å². The molecule has 0 aliphatic heterocycles. The monoisotopic (exact) mass is 848 g/mol. The Morgan fingerprint density at radius 1 is 0.277 bits per heavy atom. The van der Waals surface area contributed by atoms with Gasteiger partial charge in [-0.3, -0.25) is 0 Å². The second-order valence-electron chi connectivity index (χ2n) is 16.8. The third kappa shape index (κ3) is 6.55. The molecule has 0 N–H and O–H groups in total. The molecule has 0 radical (unpaired) electrons. The number of nitrogens with zero attached hydrogens (tertiary/aromatic N) is 2. The summed E-state index contributed by atoms with van der Waals surface area (Å²) in [7, 11) is -2.88. The number of aromatic nitrogens is 2. The number of benzene rings is 10. The molecule has 0 amide bonds. The quantitative estimate of drug-likeness (QED) is 0.117. The molecule has 0 spiro atoms. The van der Waals surface area contributed by atoms with Gasteiger partial charge in [0.05, 0.1) is 22.1 Å². The highest BCUT2D eigenvalue weighted by molar-refractivity contribution is 7.20. The minimum atomic E-state index is -2.88. The van der Waals surface area contributed by atoms with Gasteiger partial charge >= 0.3 is 0 Å². The van der Waals surface area contributed by atoms with Crippen molar-refractivity contribution in [2.75, 3.05) is 0 Å². The van der Waals surface area contributed by atoms with E-state index >= 15 is 0 Å². The van der Waals surface area contributed by atoms with Gasteiger partial charge < -0.3 is 9.13 Å². The highest BCUT2D eigenvalue weighted by Gasteiger charge is 2.42. The molecule has 0 saturated carbocycles. The summed E-state index contributed by atoms with van der Waals surface area (Å²) < 4.78 is 4.85. The minimum Gasteiger partial charge on any atom is -0.309 e. The van der Waals surface area contributed by atoms with Gasteiger partial charge in [0.2, 0.25) is 0 Å². The number of fused-ring (bicyclic) bond motifs is 9. The number of hydrogen-bond acceptors (Lipinski definition) is 0. The molecule has 65 heavy (non-hydrogen) atoms. The van der Waals surface area contributed by atoms with Crippen molar-refractivity contribution in [3.8, 4) is 22.5 Å². The molecule has 10 aromatic carbocycles. The highest BCUT2D eigenvalue weighted by Crippen LogP contribution is 2.36. The van der Waals surface area contributed by atoms with E-state index in [4.69, 9.17) is 0 Å². The van der Waals surface area contributed by atoms with E-state index in [2.05, 4.69) is 264 Å². The van der Waals surface area contributed by atoms with E-state index in [9.17, 15) is 0 Å². The van der Waals surface area contributed by atoms with Gasteiger partial charge in [0.25, 0.3) is 0 Å². The van der Waals surface area contributed by atoms with Crippen LogP contribution in [0, 0.1) is 0 Å². The van der Waals surface area contributed by atoms with E-state index in [1.165, 1.54) is 98.0 Å². The van der Waals surface area contributed by atoms with Crippen molar-refractivity contribution in [1.82, 2.24) is 9.13 Å². The Morgan fingerprint density at radius 2 is 0.662 bits per heavy atom. The fourth-order valence-electron chi connectivity index (χ4n) is 10.6. The predicted molar refractivity (Wildman–Crippen MR) is 280 cm³/mol. The van der Waals surface area contributed by atoms with Crippen LogP contribution in [0.1, 0.15) is 18.6 Å². The minimum absolute atomic E-state index is 0. The average molecular weight is 849 g/mol. The van der Waals surface area contributed by atoms with E-state index in [0.29, 0.717) is 0 Å². The van der Waals surface area contributed by atoms with Crippen molar-refractivity contribution in [3.05, 3.63) is 266 Å².